The zero-order valence-corrected chi connectivity index (χ0v) is 17.5. The zero-order chi connectivity index (χ0) is 21.5. The molecule has 0 radical (unpaired) electrons. The first-order valence-corrected chi connectivity index (χ1v) is 11.0. The van der Waals surface area contributed by atoms with Crippen LogP contribution in [0.5, 0.6) is 0 Å². The largest absolute Gasteiger partial charge is 0.352 e. The number of aryl methyl sites for hydroxylation is 1. The van der Waals surface area contributed by atoms with Gasteiger partial charge in [-0.05, 0) is 41.9 Å². The number of likely N-dealkylation sites (tertiary alicyclic amines) is 1. The van der Waals surface area contributed by atoms with Crippen LogP contribution in [-0.2, 0) is 20.9 Å². The van der Waals surface area contributed by atoms with E-state index in [1.165, 1.54) is 4.90 Å². The first kappa shape index (κ1) is 19.7. The van der Waals surface area contributed by atoms with Gasteiger partial charge in [0.1, 0.15) is 0 Å². The maximum Gasteiger partial charge on any atom is 0.234 e. The number of nitrogens with zero attached hydrogens (tertiary/aromatic N) is 1. The Hall–Kier alpha value is -3.21. The Bertz CT molecular complexity index is 1030. The zero-order valence-electron chi connectivity index (χ0n) is 17.5. The quantitative estimate of drug-likeness (QED) is 0.581. The van der Waals surface area contributed by atoms with Gasteiger partial charge in [0, 0.05) is 6.54 Å². The fraction of sp³-hybridized carbons (Fsp3) is 0.346. The van der Waals surface area contributed by atoms with Gasteiger partial charge in [-0.3, -0.25) is 19.3 Å². The molecule has 1 saturated carbocycles. The van der Waals surface area contributed by atoms with Gasteiger partial charge in [-0.15, -0.1) is 0 Å². The SMILES string of the molecule is Cc1ccccc1C(CC(=O)NCc1ccccc1)N1C(=O)C2C3C=CC(C3)C2C1=O. The number of carbonyl (C=O) groups excluding carboxylic acids is 3. The van der Waals surface area contributed by atoms with E-state index >= 15 is 0 Å². The maximum absolute atomic E-state index is 13.4. The Labute approximate surface area is 182 Å². The molecule has 1 heterocycles. The minimum absolute atomic E-state index is 0.0668. The van der Waals surface area contributed by atoms with Crippen LogP contribution in [0.2, 0.25) is 0 Å². The molecule has 5 rings (SSSR count). The summed E-state index contributed by atoms with van der Waals surface area (Å²) >= 11 is 0. The maximum atomic E-state index is 13.4. The van der Waals surface area contributed by atoms with E-state index in [-0.39, 0.29) is 47.8 Å². The number of allylic oxidation sites excluding steroid dienone is 2. The number of fused-ring (bicyclic) bond motifs is 5. The Balaban J connectivity index is 1.40. The molecule has 2 aromatic carbocycles. The van der Waals surface area contributed by atoms with Crippen molar-refractivity contribution in [1.29, 1.82) is 0 Å². The van der Waals surface area contributed by atoms with Gasteiger partial charge in [0.2, 0.25) is 17.7 Å². The van der Waals surface area contributed by atoms with E-state index in [2.05, 4.69) is 17.5 Å². The van der Waals surface area contributed by atoms with Crippen molar-refractivity contribution in [3.8, 4) is 0 Å². The Kier molecular flexibility index (Phi) is 4.97. The monoisotopic (exact) mass is 414 g/mol. The summed E-state index contributed by atoms with van der Waals surface area (Å²) in [6.07, 6.45) is 5.15. The van der Waals surface area contributed by atoms with Crippen molar-refractivity contribution < 1.29 is 14.4 Å². The molecule has 1 saturated heterocycles. The lowest BCUT2D eigenvalue weighted by Gasteiger charge is -2.29. The highest BCUT2D eigenvalue weighted by molar-refractivity contribution is 6.07. The van der Waals surface area contributed by atoms with Crippen LogP contribution in [0.15, 0.2) is 66.7 Å². The van der Waals surface area contributed by atoms with Crippen LogP contribution in [-0.4, -0.2) is 22.6 Å². The fourth-order valence-corrected chi connectivity index (χ4v) is 5.58. The van der Waals surface area contributed by atoms with Gasteiger partial charge < -0.3 is 5.32 Å². The molecule has 1 N–H and O–H groups in total. The molecule has 3 amide bonds. The molecule has 0 aromatic heterocycles. The lowest BCUT2D eigenvalue weighted by molar-refractivity contribution is -0.144. The van der Waals surface area contributed by atoms with Crippen LogP contribution in [0.3, 0.4) is 0 Å². The summed E-state index contributed by atoms with van der Waals surface area (Å²) in [6.45, 7) is 2.38. The van der Waals surface area contributed by atoms with E-state index in [9.17, 15) is 14.4 Å². The first-order valence-electron chi connectivity index (χ1n) is 11.0. The van der Waals surface area contributed by atoms with Crippen molar-refractivity contribution in [1.82, 2.24) is 10.2 Å². The van der Waals surface area contributed by atoms with Crippen molar-refractivity contribution >= 4 is 17.7 Å². The predicted molar refractivity (Wildman–Crippen MR) is 116 cm³/mol. The second-order valence-corrected chi connectivity index (χ2v) is 8.89. The molecular weight excluding hydrogens is 388 g/mol. The molecule has 0 spiro atoms. The molecule has 2 aromatic rings. The van der Waals surface area contributed by atoms with Crippen LogP contribution < -0.4 is 5.32 Å². The van der Waals surface area contributed by atoms with Crippen molar-refractivity contribution in [2.24, 2.45) is 23.7 Å². The third-order valence-electron chi connectivity index (χ3n) is 7.07. The highest BCUT2D eigenvalue weighted by Gasteiger charge is 2.60. The first-order chi connectivity index (χ1) is 15.0. The lowest BCUT2D eigenvalue weighted by atomic mass is 9.85. The molecule has 5 unspecified atom stereocenters. The molecular formula is C26H26N2O3. The van der Waals surface area contributed by atoms with Crippen molar-refractivity contribution in [2.75, 3.05) is 0 Å². The van der Waals surface area contributed by atoms with Crippen molar-refractivity contribution in [2.45, 2.75) is 32.4 Å². The van der Waals surface area contributed by atoms with E-state index in [0.717, 1.165) is 23.1 Å². The number of hydrogen-bond acceptors (Lipinski definition) is 3. The molecule has 3 aliphatic rings. The molecule has 158 valence electrons. The predicted octanol–water partition coefficient (Wildman–Crippen LogP) is 3.55. The molecule has 5 atom stereocenters. The summed E-state index contributed by atoms with van der Waals surface area (Å²) < 4.78 is 0. The smallest absolute Gasteiger partial charge is 0.234 e. The van der Waals surface area contributed by atoms with Crippen LogP contribution in [0.1, 0.15) is 35.6 Å². The van der Waals surface area contributed by atoms with Crippen LogP contribution in [0.4, 0.5) is 0 Å². The van der Waals surface area contributed by atoms with Gasteiger partial charge in [0.15, 0.2) is 0 Å². The number of amides is 3. The van der Waals surface area contributed by atoms with Gasteiger partial charge in [0.25, 0.3) is 0 Å². The Morgan fingerprint density at radius 2 is 1.58 bits per heavy atom. The van der Waals surface area contributed by atoms with Gasteiger partial charge in [-0.1, -0.05) is 66.7 Å². The van der Waals surface area contributed by atoms with Gasteiger partial charge >= 0.3 is 0 Å². The number of rotatable bonds is 6. The minimum atomic E-state index is -0.582. The average molecular weight is 415 g/mol. The normalized spacial score (nSPS) is 26.9. The highest BCUT2D eigenvalue weighted by atomic mass is 16.2. The lowest BCUT2D eigenvalue weighted by Crippen LogP contribution is -2.39. The van der Waals surface area contributed by atoms with E-state index in [1.54, 1.807) is 0 Å². The Morgan fingerprint density at radius 3 is 2.23 bits per heavy atom. The summed E-state index contributed by atoms with van der Waals surface area (Å²) in [5.74, 6) is -0.618. The summed E-state index contributed by atoms with van der Waals surface area (Å²) in [7, 11) is 0. The minimum Gasteiger partial charge on any atom is -0.352 e. The molecule has 2 aliphatic carbocycles. The van der Waals surface area contributed by atoms with E-state index < -0.39 is 6.04 Å². The summed E-state index contributed by atoms with van der Waals surface area (Å²) in [6, 6.07) is 16.8. The van der Waals surface area contributed by atoms with Crippen LogP contribution in [0.25, 0.3) is 0 Å². The molecule has 1 aliphatic heterocycles. The van der Waals surface area contributed by atoms with E-state index in [1.807, 2.05) is 61.5 Å². The molecule has 5 heteroatoms. The Morgan fingerprint density at radius 1 is 0.968 bits per heavy atom. The number of hydrogen-bond donors (Lipinski definition) is 1. The summed E-state index contributed by atoms with van der Waals surface area (Å²) in [4.78, 5) is 41.1. The molecule has 2 bridgehead atoms. The van der Waals surface area contributed by atoms with Gasteiger partial charge in [-0.2, -0.15) is 0 Å². The van der Waals surface area contributed by atoms with E-state index in [4.69, 9.17) is 0 Å². The van der Waals surface area contributed by atoms with Crippen LogP contribution >= 0.6 is 0 Å². The topological polar surface area (TPSA) is 66.5 Å². The standard InChI is InChI=1S/C26H26N2O3/c1-16-7-5-6-10-20(16)21(14-22(29)27-15-17-8-3-2-4-9-17)28-25(30)23-18-11-12-19(13-18)24(23)26(28)31/h2-12,18-19,21,23-24H,13-15H2,1H3,(H,27,29). The fourth-order valence-electron chi connectivity index (χ4n) is 5.58. The highest BCUT2D eigenvalue weighted by Crippen LogP contribution is 2.54. The second kappa shape index (κ2) is 7.80. The summed E-state index contributed by atoms with van der Waals surface area (Å²) in [5.41, 5.74) is 2.84. The molecule has 2 fully saturated rings. The van der Waals surface area contributed by atoms with Gasteiger partial charge in [0.05, 0.1) is 24.3 Å². The van der Waals surface area contributed by atoms with E-state index in [0.29, 0.717) is 6.54 Å². The third-order valence-corrected chi connectivity index (χ3v) is 7.07. The van der Waals surface area contributed by atoms with Crippen molar-refractivity contribution in [3.05, 3.63) is 83.4 Å². The molecule has 5 nitrogen and oxygen atoms in total. The number of carbonyl (C=O) groups is 3. The second-order valence-electron chi connectivity index (χ2n) is 8.89. The van der Waals surface area contributed by atoms with Crippen LogP contribution in [0, 0.1) is 30.6 Å². The molecule has 31 heavy (non-hydrogen) atoms. The number of nitrogens with one attached hydrogen (secondary N) is 1. The van der Waals surface area contributed by atoms with Gasteiger partial charge in [-0.25, -0.2) is 0 Å². The number of benzene rings is 2. The third kappa shape index (κ3) is 3.38. The summed E-state index contributed by atoms with van der Waals surface area (Å²) in [5, 5.41) is 2.95. The van der Waals surface area contributed by atoms with Crippen molar-refractivity contribution in [3.63, 3.8) is 0 Å². The average Bonchev–Trinajstić information content (AvgIpc) is 3.46. The number of imide groups is 1.